The molecular weight excluding hydrogens is 389 g/mol. The molecule has 0 radical (unpaired) electrons. The smallest absolute Gasteiger partial charge is 0.188 e. The van der Waals surface area contributed by atoms with Gasteiger partial charge in [0.05, 0.1) is 6.10 Å². The summed E-state index contributed by atoms with van der Waals surface area (Å²) in [4.78, 5) is 4.42. The van der Waals surface area contributed by atoms with E-state index in [1.165, 1.54) is 32.1 Å². The van der Waals surface area contributed by atoms with E-state index in [9.17, 15) is 0 Å². The number of nitrogens with two attached hydrogens (primary N) is 1. The van der Waals surface area contributed by atoms with Gasteiger partial charge in [0, 0.05) is 19.2 Å². The van der Waals surface area contributed by atoms with Crippen molar-refractivity contribution in [3.8, 4) is 0 Å². The number of rotatable bonds is 9. The quantitative estimate of drug-likeness (QED) is 0.253. The highest BCUT2D eigenvalue weighted by Gasteiger charge is 2.12. The van der Waals surface area contributed by atoms with Gasteiger partial charge in [0.1, 0.15) is 0 Å². The Kier molecular flexibility index (Phi) is 13.4. The first-order valence-corrected chi connectivity index (χ1v) is 8.76. The lowest BCUT2D eigenvalue weighted by Crippen LogP contribution is -2.38. The number of nitrogens with zero attached hydrogens (tertiary/aromatic N) is 1. The lowest BCUT2D eigenvalue weighted by molar-refractivity contribution is 0.0105. The van der Waals surface area contributed by atoms with E-state index in [0.29, 0.717) is 18.1 Å². The van der Waals surface area contributed by atoms with Gasteiger partial charge in [-0.15, -0.1) is 24.0 Å². The number of hydrogen-bond donors (Lipinski definition) is 2. The van der Waals surface area contributed by atoms with Crippen molar-refractivity contribution >= 4 is 29.9 Å². The number of nitrogens with one attached hydrogen (secondary N) is 1. The lowest BCUT2D eigenvalue weighted by Gasteiger charge is -2.22. The van der Waals surface area contributed by atoms with E-state index in [1.807, 2.05) is 0 Å². The van der Waals surface area contributed by atoms with Gasteiger partial charge in [-0.25, -0.2) is 0 Å². The van der Waals surface area contributed by atoms with E-state index in [2.05, 4.69) is 31.1 Å². The van der Waals surface area contributed by atoms with Crippen LogP contribution in [0.1, 0.15) is 72.1 Å². The first kappa shape index (κ1) is 22.0. The average molecular weight is 425 g/mol. The van der Waals surface area contributed by atoms with Crippen LogP contribution >= 0.6 is 24.0 Å². The number of ether oxygens (including phenoxy) is 1. The molecular formula is C17H36IN3O. The van der Waals surface area contributed by atoms with Crippen LogP contribution < -0.4 is 11.1 Å². The summed E-state index contributed by atoms with van der Waals surface area (Å²) in [7, 11) is 0. The predicted molar refractivity (Wildman–Crippen MR) is 106 cm³/mol. The molecule has 132 valence electrons. The fourth-order valence-corrected chi connectivity index (χ4v) is 2.76. The van der Waals surface area contributed by atoms with Gasteiger partial charge in [-0.3, -0.25) is 4.99 Å². The van der Waals surface area contributed by atoms with Gasteiger partial charge in [0.2, 0.25) is 0 Å². The Labute approximate surface area is 154 Å². The van der Waals surface area contributed by atoms with Crippen molar-refractivity contribution in [3.63, 3.8) is 0 Å². The third kappa shape index (κ3) is 11.5. The minimum Gasteiger partial charge on any atom is -0.378 e. The molecule has 0 aromatic rings. The zero-order chi connectivity index (χ0) is 15.5. The predicted octanol–water partition coefficient (Wildman–Crippen LogP) is 4.07. The summed E-state index contributed by atoms with van der Waals surface area (Å²) in [6, 6.07) is 0.411. The molecule has 1 saturated heterocycles. The van der Waals surface area contributed by atoms with Crippen LogP contribution in [0.5, 0.6) is 0 Å². The Morgan fingerprint density at radius 2 is 2.00 bits per heavy atom. The molecule has 1 aliphatic heterocycles. The van der Waals surface area contributed by atoms with Gasteiger partial charge >= 0.3 is 0 Å². The SMILES string of the molecule is CC(C)CCCC(C)NC(N)=NCCCC1CCCCO1.I. The van der Waals surface area contributed by atoms with E-state index in [-0.39, 0.29) is 24.0 Å². The summed E-state index contributed by atoms with van der Waals surface area (Å²) < 4.78 is 5.72. The summed E-state index contributed by atoms with van der Waals surface area (Å²) in [5.41, 5.74) is 5.93. The maximum absolute atomic E-state index is 5.93. The number of halogens is 1. The van der Waals surface area contributed by atoms with Crippen molar-refractivity contribution in [1.29, 1.82) is 0 Å². The molecule has 0 aromatic carbocycles. The maximum atomic E-state index is 5.93. The van der Waals surface area contributed by atoms with E-state index >= 15 is 0 Å². The van der Waals surface area contributed by atoms with Crippen LogP contribution in [0.15, 0.2) is 4.99 Å². The molecule has 4 nitrogen and oxygen atoms in total. The van der Waals surface area contributed by atoms with Crippen molar-refractivity contribution in [2.45, 2.75) is 84.3 Å². The zero-order valence-electron chi connectivity index (χ0n) is 14.6. The van der Waals surface area contributed by atoms with Crippen molar-refractivity contribution in [1.82, 2.24) is 5.32 Å². The Morgan fingerprint density at radius 3 is 2.64 bits per heavy atom. The van der Waals surface area contributed by atoms with Crippen molar-refractivity contribution < 1.29 is 4.74 Å². The Hall–Kier alpha value is -0.0400. The first-order valence-electron chi connectivity index (χ1n) is 8.76. The lowest BCUT2D eigenvalue weighted by atomic mass is 10.0. The first-order chi connectivity index (χ1) is 10.1. The van der Waals surface area contributed by atoms with Gasteiger partial charge < -0.3 is 15.8 Å². The molecule has 1 aliphatic rings. The molecule has 22 heavy (non-hydrogen) atoms. The van der Waals surface area contributed by atoms with Gasteiger partial charge in [-0.1, -0.05) is 26.7 Å². The monoisotopic (exact) mass is 425 g/mol. The fraction of sp³-hybridized carbons (Fsp3) is 0.941. The highest BCUT2D eigenvalue weighted by atomic mass is 127. The van der Waals surface area contributed by atoms with E-state index in [4.69, 9.17) is 10.5 Å². The molecule has 0 bridgehead atoms. The summed E-state index contributed by atoms with van der Waals surface area (Å²) in [6.45, 7) is 8.45. The zero-order valence-corrected chi connectivity index (χ0v) is 17.0. The van der Waals surface area contributed by atoms with Crippen molar-refractivity contribution in [2.75, 3.05) is 13.2 Å². The Balaban J connectivity index is 0.00000441. The highest BCUT2D eigenvalue weighted by Crippen LogP contribution is 2.16. The molecule has 1 rings (SSSR count). The third-order valence-corrected chi connectivity index (χ3v) is 4.05. The van der Waals surface area contributed by atoms with Crippen LogP contribution in [0.2, 0.25) is 0 Å². The van der Waals surface area contributed by atoms with E-state index in [1.54, 1.807) is 0 Å². The molecule has 5 heteroatoms. The largest absolute Gasteiger partial charge is 0.378 e. The topological polar surface area (TPSA) is 59.6 Å². The van der Waals surface area contributed by atoms with Crippen LogP contribution in [0.3, 0.4) is 0 Å². The minimum absolute atomic E-state index is 0. The number of aliphatic imine (C=N–C) groups is 1. The summed E-state index contributed by atoms with van der Waals surface area (Å²) in [6.07, 6.45) is 10.1. The molecule has 0 spiro atoms. The van der Waals surface area contributed by atoms with Gasteiger partial charge in [-0.05, 0) is 51.4 Å². The van der Waals surface area contributed by atoms with Crippen LogP contribution in [0, 0.1) is 5.92 Å². The number of guanidine groups is 1. The van der Waals surface area contributed by atoms with Gasteiger partial charge in [0.25, 0.3) is 0 Å². The van der Waals surface area contributed by atoms with Crippen molar-refractivity contribution in [2.24, 2.45) is 16.6 Å². The summed E-state index contributed by atoms with van der Waals surface area (Å²) in [5, 5.41) is 3.29. The second-order valence-electron chi connectivity index (χ2n) is 6.77. The molecule has 1 heterocycles. The normalized spacial score (nSPS) is 20.5. The molecule has 2 unspecified atom stereocenters. The molecule has 2 atom stereocenters. The summed E-state index contributed by atoms with van der Waals surface area (Å²) in [5.74, 6) is 1.38. The number of hydrogen-bond acceptors (Lipinski definition) is 2. The average Bonchev–Trinajstić information content (AvgIpc) is 2.44. The Morgan fingerprint density at radius 1 is 1.23 bits per heavy atom. The van der Waals surface area contributed by atoms with Crippen LogP contribution in [0.25, 0.3) is 0 Å². The maximum Gasteiger partial charge on any atom is 0.188 e. The third-order valence-electron chi connectivity index (χ3n) is 4.05. The molecule has 0 amide bonds. The highest BCUT2D eigenvalue weighted by molar-refractivity contribution is 14.0. The molecule has 1 fully saturated rings. The minimum atomic E-state index is 0. The van der Waals surface area contributed by atoms with Crippen molar-refractivity contribution in [3.05, 3.63) is 0 Å². The molecule has 0 aromatic heterocycles. The van der Waals surface area contributed by atoms with Gasteiger partial charge in [-0.2, -0.15) is 0 Å². The molecule has 3 N–H and O–H groups in total. The van der Waals surface area contributed by atoms with Crippen LogP contribution in [-0.4, -0.2) is 31.3 Å². The van der Waals surface area contributed by atoms with Gasteiger partial charge in [0.15, 0.2) is 5.96 Å². The standard InChI is InChI=1S/C17H35N3O.HI/c1-14(2)8-6-9-15(3)20-17(18)19-12-7-11-16-10-4-5-13-21-16;/h14-16H,4-13H2,1-3H3,(H3,18,19,20);1H. The Bertz CT molecular complexity index is 292. The second-order valence-corrected chi connectivity index (χ2v) is 6.77. The molecule has 0 saturated carbocycles. The van der Waals surface area contributed by atoms with Crippen LogP contribution in [0.4, 0.5) is 0 Å². The molecule has 0 aliphatic carbocycles. The second kappa shape index (κ2) is 13.4. The summed E-state index contributed by atoms with van der Waals surface area (Å²) >= 11 is 0. The van der Waals surface area contributed by atoms with E-state index < -0.39 is 0 Å². The fourth-order valence-electron chi connectivity index (χ4n) is 2.76. The van der Waals surface area contributed by atoms with E-state index in [0.717, 1.165) is 38.3 Å². The van der Waals surface area contributed by atoms with Crippen LogP contribution in [-0.2, 0) is 4.74 Å².